The minimum absolute atomic E-state index is 0.106. The zero-order valence-corrected chi connectivity index (χ0v) is 17.8. The number of benzene rings is 2. The predicted molar refractivity (Wildman–Crippen MR) is 119 cm³/mol. The van der Waals surface area contributed by atoms with E-state index in [1.807, 2.05) is 47.8 Å². The smallest absolute Gasteiger partial charge is 0.325 e. The molecule has 8 nitrogen and oxygen atoms in total. The van der Waals surface area contributed by atoms with Crippen LogP contribution in [-0.4, -0.2) is 47.8 Å². The second kappa shape index (κ2) is 8.08. The van der Waals surface area contributed by atoms with Gasteiger partial charge in [-0.15, -0.1) is 11.3 Å². The third kappa shape index (κ3) is 3.60. The van der Waals surface area contributed by atoms with E-state index in [0.29, 0.717) is 12.0 Å². The summed E-state index contributed by atoms with van der Waals surface area (Å²) >= 11 is 1.51. The Bertz CT molecular complexity index is 1240. The number of nitrogens with zero attached hydrogens (tertiary/aromatic N) is 1. The van der Waals surface area contributed by atoms with E-state index in [-0.39, 0.29) is 25.0 Å². The molecule has 2 aliphatic rings. The number of thiophene rings is 1. The largest absolute Gasteiger partial charge is 0.347 e. The van der Waals surface area contributed by atoms with Crippen molar-refractivity contribution in [2.24, 2.45) is 0 Å². The van der Waals surface area contributed by atoms with Crippen LogP contribution in [0.2, 0.25) is 0 Å². The Labute approximate surface area is 187 Å². The highest BCUT2D eigenvalue weighted by Gasteiger charge is 2.36. The molecule has 1 fully saturated rings. The molecule has 2 atom stereocenters. The number of carbonyl (C=O) groups is 4. The highest BCUT2D eigenvalue weighted by molar-refractivity contribution is 7.17. The van der Waals surface area contributed by atoms with Crippen molar-refractivity contribution in [1.29, 1.82) is 0 Å². The van der Waals surface area contributed by atoms with Crippen LogP contribution in [0.25, 0.3) is 10.1 Å². The Morgan fingerprint density at radius 1 is 1.06 bits per heavy atom. The lowest BCUT2D eigenvalue weighted by Gasteiger charge is -2.24. The first-order chi connectivity index (χ1) is 15.5. The molecule has 3 N–H and O–H groups in total. The van der Waals surface area contributed by atoms with E-state index in [1.165, 1.54) is 11.3 Å². The molecule has 1 aromatic heterocycles. The highest BCUT2D eigenvalue weighted by atomic mass is 32.1. The van der Waals surface area contributed by atoms with E-state index in [1.54, 1.807) is 6.07 Å². The van der Waals surface area contributed by atoms with Crippen molar-refractivity contribution in [3.8, 4) is 0 Å². The lowest BCUT2D eigenvalue weighted by atomic mass is 10.1. The van der Waals surface area contributed by atoms with Crippen molar-refractivity contribution in [1.82, 2.24) is 20.9 Å². The van der Waals surface area contributed by atoms with Gasteiger partial charge < -0.3 is 16.0 Å². The van der Waals surface area contributed by atoms with Gasteiger partial charge in [0, 0.05) is 4.70 Å². The summed E-state index contributed by atoms with van der Waals surface area (Å²) in [6.45, 7) is -0.468. The molecule has 2 heterocycles. The SMILES string of the molecule is O=C(CN1C(=O)CNC1=O)N[C@@H]1c2ccccc2C[C@H]1NC(=O)c1cccc2ccsc12. The lowest BCUT2D eigenvalue weighted by molar-refractivity contribution is -0.131. The second-order valence-electron chi connectivity index (χ2n) is 7.81. The van der Waals surface area contributed by atoms with Gasteiger partial charge in [0.15, 0.2) is 0 Å². The van der Waals surface area contributed by atoms with Gasteiger partial charge in [0.1, 0.15) is 6.54 Å². The first kappa shape index (κ1) is 20.2. The van der Waals surface area contributed by atoms with Gasteiger partial charge in [-0.25, -0.2) is 4.79 Å². The Balaban J connectivity index is 1.36. The zero-order valence-electron chi connectivity index (χ0n) is 17.0. The number of imide groups is 1. The van der Waals surface area contributed by atoms with Crippen LogP contribution >= 0.6 is 11.3 Å². The number of urea groups is 1. The van der Waals surface area contributed by atoms with Crippen molar-refractivity contribution in [3.05, 3.63) is 70.6 Å². The van der Waals surface area contributed by atoms with Crippen LogP contribution in [0.5, 0.6) is 0 Å². The molecule has 0 saturated carbocycles. The maximum atomic E-state index is 13.1. The minimum Gasteiger partial charge on any atom is -0.347 e. The van der Waals surface area contributed by atoms with Crippen molar-refractivity contribution in [2.75, 3.05) is 13.1 Å². The highest BCUT2D eigenvalue weighted by Crippen LogP contribution is 2.32. The normalized spacial score (nSPS) is 19.7. The lowest BCUT2D eigenvalue weighted by Crippen LogP contribution is -2.47. The van der Waals surface area contributed by atoms with Gasteiger partial charge in [0.25, 0.3) is 11.8 Å². The summed E-state index contributed by atoms with van der Waals surface area (Å²) in [5.74, 6) is -1.10. The molecule has 32 heavy (non-hydrogen) atoms. The van der Waals surface area contributed by atoms with Crippen LogP contribution in [0.3, 0.4) is 0 Å². The summed E-state index contributed by atoms with van der Waals surface area (Å²) < 4.78 is 0.916. The molecule has 0 unspecified atom stereocenters. The van der Waals surface area contributed by atoms with E-state index in [9.17, 15) is 19.2 Å². The van der Waals surface area contributed by atoms with Crippen LogP contribution in [0.15, 0.2) is 53.9 Å². The minimum atomic E-state index is -0.578. The quantitative estimate of drug-likeness (QED) is 0.519. The molecule has 162 valence electrons. The molecule has 0 radical (unpaired) electrons. The summed E-state index contributed by atoms with van der Waals surface area (Å²) in [6.07, 6.45) is 0.566. The molecular formula is C23H20N4O4S. The van der Waals surface area contributed by atoms with E-state index in [4.69, 9.17) is 0 Å². The first-order valence-electron chi connectivity index (χ1n) is 10.2. The van der Waals surface area contributed by atoms with Gasteiger partial charge in [0.05, 0.1) is 24.2 Å². The Morgan fingerprint density at radius 3 is 2.72 bits per heavy atom. The molecule has 2 aromatic carbocycles. The fraction of sp³-hybridized carbons (Fsp3) is 0.217. The monoisotopic (exact) mass is 448 g/mol. The third-order valence-corrected chi connectivity index (χ3v) is 6.79. The van der Waals surface area contributed by atoms with Crippen molar-refractivity contribution >= 4 is 45.2 Å². The van der Waals surface area contributed by atoms with Crippen LogP contribution < -0.4 is 16.0 Å². The summed E-state index contributed by atoms with van der Waals surface area (Å²) in [5.41, 5.74) is 2.54. The molecular weight excluding hydrogens is 428 g/mol. The van der Waals surface area contributed by atoms with Gasteiger partial charge in [-0.1, -0.05) is 36.4 Å². The van der Waals surface area contributed by atoms with Crippen LogP contribution in [0.4, 0.5) is 4.79 Å². The van der Waals surface area contributed by atoms with Crippen molar-refractivity contribution in [3.63, 3.8) is 0 Å². The molecule has 1 aliphatic heterocycles. The molecule has 0 spiro atoms. The van der Waals surface area contributed by atoms with Gasteiger partial charge in [-0.3, -0.25) is 19.3 Å². The summed E-state index contributed by atoms with van der Waals surface area (Å²) in [7, 11) is 0. The number of nitrogens with one attached hydrogen (secondary N) is 3. The summed E-state index contributed by atoms with van der Waals surface area (Å²) in [5, 5.41) is 11.4. The Hall–Kier alpha value is -3.72. The predicted octanol–water partition coefficient (Wildman–Crippen LogP) is 1.97. The van der Waals surface area contributed by atoms with Gasteiger partial charge in [-0.2, -0.15) is 0 Å². The van der Waals surface area contributed by atoms with Crippen LogP contribution in [-0.2, 0) is 16.0 Å². The van der Waals surface area contributed by atoms with Crippen molar-refractivity contribution < 1.29 is 19.2 Å². The topological polar surface area (TPSA) is 108 Å². The standard InChI is InChI=1S/C23H20N4O4S/c28-18(12-27-19(29)11-24-23(27)31)26-20-15-6-2-1-4-14(15)10-17(20)25-22(30)16-7-3-5-13-8-9-32-21(13)16/h1-9,17,20H,10-12H2,(H,24,31)(H,25,30)(H,26,28)/t17-,20-/m1/s1. The number of carbonyl (C=O) groups excluding carboxylic acids is 4. The number of fused-ring (bicyclic) bond motifs is 2. The average Bonchev–Trinajstić information content (AvgIpc) is 3.48. The Morgan fingerprint density at radius 2 is 1.91 bits per heavy atom. The first-order valence-corrected chi connectivity index (χ1v) is 11.1. The summed E-state index contributed by atoms with van der Waals surface area (Å²) in [4.78, 5) is 50.3. The maximum absolute atomic E-state index is 13.1. The average molecular weight is 449 g/mol. The zero-order chi connectivity index (χ0) is 22.2. The van der Waals surface area contributed by atoms with Gasteiger partial charge >= 0.3 is 6.03 Å². The third-order valence-electron chi connectivity index (χ3n) is 5.83. The Kier molecular flexibility index (Phi) is 5.10. The molecule has 3 aromatic rings. The van der Waals surface area contributed by atoms with Gasteiger partial charge in [0.2, 0.25) is 5.91 Å². The molecule has 5 rings (SSSR count). The molecule has 1 aliphatic carbocycles. The van der Waals surface area contributed by atoms with Crippen molar-refractivity contribution in [2.45, 2.75) is 18.5 Å². The van der Waals surface area contributed by atoms with Crippen LogP contribution in [0.1, 0.15) is 27.5 Å². The number of rotatable bonds is 5. The number of hydrogen-bond acceptors (Lipinski definition) is 5. The van der Waals surface area contributed by atoms with E-state index >= 15 is 0 Å². The fourth-order valence-electron chi connectivity index (χ4n) is 4.30. The fourth-order valence-corrected chi connectivity index (χ4v) is 5.21. The van der Waals surface area contributed by atoms with Gasteiger partial charge in [-0.05, 0) is 40.4 Å². The number of amides is 5. The van der Waals surface area contributed by atoms with Crippen LogP contribution in [0, 0.1) is 0 Å². The molecule has 5 amide bonds. The number of hydrogen-bond donors (Lipinski definition) is 3. The molecule has 1 saturated heterocycles. The molecule has 9 heteroatoms. The van der Waals surface area contributed by atoms with E-state index in [0.717, 1.165) is 26.1 Å². The molecule has 0 bridgehead atoms. The summed E-state index contributed by atoms with van der Waals surface area (Å²) in [6, 6.07) is 13.9. The second-order valence-corrected chi connectivity index (χ2v) is 8.73. The maximum Gasteiger partial charge on any atom is 0.325 e. The van der Waals surface area contributed by atoms with E-state index in [2.05, 4.69) is 16.0 Å². The van der Waals surface area contributed by atoms with E-state index < -0.39 is 23.9 Å².